The first-order valence-corrected chi connectivity index (χ1v) is 6.45. The first kappa shape index (κ1) is 13.7. The lowest BCUT2D eigenvalue weighted by Gasteiger charge is -2.33. The molecule has 5 nitrogen and oxygen atoms in total. The minimum absolute atomic E-state index is 0.0333. The number of carboxylic acids is 1. The Balaban J connectivity index is 1.90. The molecule has 2 N–H and O–H groups in total. The molecule has 19 heavy (non-hydrogen) atoms. The number of nitrogens with zero attached hydrogens (tertiary/aromatic N) is 2. The monoisotopic (exact) mass is 267 g/mol. The van der Waals surface area contributed by atoms with Crippen molar-refractivity contribution in [1.29, 1.82) is 0 Å². The molecule has 2 heterocycles. The van der Waals surface area contributed by atoms with Crippen molar-refractivity contribution in [2.75, 3.05) is 31.1 Å². The Kier molecular flexibility index (Phi) is 4.68. The Bertz CT molecular complexity index is 442. The molecule has 104 valence electrons. The zero-order valence-electron chi connectivity index (χ0n) is 10.7. The van der Waals surface area contributed by atoms with Gasteiger partial charge in [-0.25, -0.2) is 9.37 Å². The van der Waals surface area contributed by atoms with Gasteiger partial charge in [-0.15, -0.1) is 0 Å². The number of anilines is 1. The van der Waals surface area contributed by atoms with Crippen LogP contribution in [0.2, 0.25) is 0 Å². The highest BCUT2D eigenvalue weighted by molar-refractivity contribution is 5.68. The van der Waals surface area contributed by atoms with E-state index in [1.807, 2.05) is 4.90 Å². The third-order valence-corrected chi connectivity index (χ3v) is 3.27. The van der Waals surface area contributed by atoms with Crippen LogP contribution >= 0.6 is 0 Å². The van der Waals surface area contributed by atoms with Crippen molar-refractivity contribution in [1.82, 2.24) is 10.3 Å². The zero-order chi connectivity index (χ0) is 13.7. The topological polar surface area (TPSA) is 65.5 Å². The van der Waals surface area contributed by atoms with E-state index in [1.165, 1.54) is 6.07 Å². The molecule has 1 aliphatic heterocycles. The third-order valence-electron chi connectivity index (χ3n) is 3.27. The molecule has 1 fully saturated rings. The Hall–Kier alpha value is -1.69. The molecular weight excluding hydrogens is 249 g/mol. The summed E-state index contributed by atoms with van der Waals surface area (Å²) in [4.78, 5) is 16.5. The summed E-state index contributed by atoms with van der Waals surface area (Å²) in [5.41, 5.74) is 0. The lowest BCUT2D eigenvalue weighted by molar-refractivity contribution is -0.136. The summed E-state index contributed by atoms with van der Waals surface area (Å²) in [5, 5.41) is 11.5. The van der Waals surface area contributed by atoms with Crippen LogP contribution in [0.5, 0.6) is 0 Å². The van der Waals surface area contributed by atoms with Gasteiger partial charge in [0.1, 0.15) is 0 Å². The van der Waals surface area contributed by atoms with Gasteiger partial charge >= 0.3 is 5.97 Å². The fourth-order valence-corrected chi connectivity index (χ4v) is 2.42. The van der Waals surface area contributed by atoms with E-state index in [-0.39, 0.29) is 12.4 Å². The standard InChI is InChI=1S/C13H18FN3O2/c14-11-4-1-5-16-13(11)17-6-2-3-10(9-17)7-15-8-12(18)19/h1,4-5,10,15H,2-3,6-9H2,(H,18,19). The molecule has 0 amide bonds. The number of carbonyl (C=O) groups is 1. The Labute approximate surface area is 111 Å². The molecule has 1 saturated heterocycles. The number of nitrogens with one attached hydrogen (secondary N) is 1. The predicted octanol–water partition coefficient (Wildman–Crippen LogP) is 1.11. The lowest BCUT2D eigenvalue weighted by atomic mass is 9.98. The van der Waals surface area contributed by atoms with E-state index >= 15 is 0 Å². The number of pyridine rings is 1. The van der Waals surface area contributed by atoms with Crippen LogP contribution in [-0.4, -0.2) is 42.2 Å². The van der Waals surface area contributed by atoms with Gasteiger partial charge in [-0.05, 0) is 30.9 Å². The lowest BCUT2D eigenvalue weighted by Crippen LogP contribution is -2.41. The smallest absolute Gasteiger partial charge is 0.317 e. The highest BCUT2D eigenvalue weighted by atomic mass is 19.1. The van der Waals surface area contributed by atoms with Gasteiger partial charge in [0.25, 0.3) is 0 Å². The van der Waals surface area contributed by atoms with Crippen LogP contribution in [0.25, 0.3) is 0 Å². The van der Waals surface area contributed by atoms with Gasteiger partial charge in [0.15, 0.2) is 11.6 Å². The van der Waals surface area contributed by atoms with Gasteiger partial charge in [0, 0.05) is 25.8 Å². The molecule has 0 radical (unpaired) electrons. The highest BCUT2D eigenvalue weighted by Crippen LogP contribution is 2.23. The first-order chi connectivity index (χ1) is 9.16. The van der Waals surface area contributed by atoms with E-state index in [0.717, 1.165) is 19.4 Å². The van der Waals surface area contributed by atoms with Gasteiger partial charge < -0.3 is 15.3 Å². The largest absolute Gasteiger partial charge is 0.480 e. The van der Waals surface area contributed by atoms with Gasteiger partial charge in [-0.2, -0.15) is 0 Å². The summed E-state index contributed by atoms with van der Waals surface area (Å²) in [7, 11) is 0. The van der Waals surface area contributed by atoms with Crippen LogP contribution in [0.15, 0.2) is 18.3 Å². The summed E-state index contributed by atoms with van der Waals surface area (Å²) in [5.74, 6) is -0.440. The van der Waals surface area contributed by atoms with E-state index in [1.54, 1.807) is 12.3 Å². The molecule has 0 saturated carbocycles. The van der Waals surface area contributed by atoms with E-state index in [9.17, 15) is 9.18 Å². The number of rotatable bonds is 5. The SMILES string of the molecule is O=C(O)CNCC1CCCN(c2ncccc2F)C1. The molecule has 1 atom stereocenters. The molecule has 1 unspecified atom stereocenters. The maximum atomic E-state index is 13.7. The van der Waals surface area contributed by atoms with Gasteiger partial charge in [-0.3, -0.25) is 4.79 Å². The van der Waals surface area contributed by atoms with E-state index in [4.69, 9.17) is 5.11 Å². The Morgan fingerprint density at radius 3 is 3.21 bits per heavy atom. The second-order valence-electron chi connectivity index (χ2n) is 4.79. The minimum atomic E-state index is -0.858. The number of hydrogen-bond donors (Lipinski definition) is 2. The van der Waals surface area contributed by atoms with Crippen molar-refractivity contribution in [2.24, 2.45) is 5.92 Å². The second-order valence-corrected chi connectivity index (χ2v) is 4.79. The molecule has 1 aromatic rings. The molecule has 1 aliphatic rings. The molecule has 0 bridgehead atoms. The highest BCUT2D eigenvalue weighted by Gasteiger charge is 2.22. The Morgan fingerprint density at radius 2 is 2.47 bits per heavy atom. The fourth-order valence-electron chi connectivity index (χ4n) is 2.42. The average Bonchev–Trinajstić information content (AvgIpc) is 2.39. The summed E-state index contributed by atoms with van der Waals surface area (Å²) in [6.07, 6.45) is 3.58. The van der Waals surface area contributed by atoms with Crippen molar-refractivity contribution in [3.05, 3.63) is 24.1 Å². The van der Waals surface area contributed by atoms with Crippen molar-refractivity contribution in [3.8, 4) is 0 Å². The van der Waals surface area contributed by atoms with Crippen LogP contribution in [0.3, 0.4) is 0 Å². The zero-order valence-corrected chi connectivity index (χ0v) is 10.7. The van der Waals surface area contributed by atoms with Crippen LogP contribution < -0.4 is 10.2 Å². The molecule has 0 aliphatic carbocycles. The minimum Gasteiger partial charge on any atom is -0.480 e. The summed E-state index contributed by atoms with van der Waals surface area (Å²) < 4.78 is 13.7. The van der Waals surface area contributed by atoms with E-state index in [2.05, 4.69) is 10.3 Å². The summed E-state index contributed by atoms with van der Waals surface area (Å²) >= 11 is 0. The maximum Gasteiger partial charge on any atom is 0.317 e. The van der Waals surface area contributed by atoms with Crippen molar-refractivity contribution in [2.45, 2.75) is 12.8 Å². The Morgan fingerprint density at radius 1 is 1.63 bits per heavy atom. The first-order valence-electron chi connectivity index (χ1n) is 6.45. The van der Waals surface area contributed by atoms with Crippen molar-refractivity contribution >= 4 is 11.8 Å². The molecule has 6 heteroatoms. The van der Waals surface area contributed by atoms with Crippen LogP contribution in [0.1, 0.15) is 12.8 Å². The van der Waals surface area contributed by atoms with Crippen LogP contribution in [-0.2, 0) is 4.79 Å². The number of aliphatic carboxylic acids is 1. The predicted molar refractivity (Wildman–Crippen MR) is 69.6 cm³/mol. The summed E-state index contributed by atoms with van der Waals surface area (Å²) in [6, 6.07) is 2.99. The molecule has 2 rings (SSSR count). The number of aromatic nitrogens is 1. The number of carboxylic acid groups (broad SMARTS) is 1. The van der Waals surface area contributed by atoms with E-state index < -0.39 is 5.97 Å². The van der Waals surface area contributed by atoms with E-state index in [0.29, 0.717) is 24.8 Å². The second kappa shape index (κ2) is 6.47. The molecule has 0 spiro atoms. The van der Waals surface area contributed by atoms with Crippen molar-refractivity contribution in [3.63, 3.8) is 0 Å². The summed E-state index contributed by atoms with van der Waals surface area (Å²) in [6.45, 7) is 2.11. The van der Waals surface area contributed by atoms with Crippen LogP contribution in [0.4, 0.5) is 10.2 Å². The third kappa shape index (κ3) is 3.89. The maximum absolute atomic E-state index is 13.7. The average molecular weight is 267 g/mol. The van der Waals surface area contributed by atoms with Crippen molar-refractivity contribution < 1.29 is 14.3 Å². The molecular formula is C13H18FN3O2. The number of hydrogen-bond acceptors (Lipinski definition) is 4. The fraction of sp³-hybridized carbons (Fsp3) is 0.538. The number of piperidine rings is 1. The number of halogens is 1. The molecule has 1 aromatic heterocycles. The quantitative estimate of drug-likeness (QED) is 0.836. The van der Waals surface area contributed by atoms with Crippen LogP contribution in [0, 0.1) is 11.7 Å². The van der Waals surface area contributed by atoms with Gasteiger partial charge in [-0.1, -0.05) is 0 Å². The normalized spacial score (nSPS) is 19.4. The van der Waals surface area contributed by atoms with Gasteiger partial charge in [0.05, 0.1) is 6.54 Å². The van der Waals surface area contributed by atoms with Gasteiger partial charge in [0.2, 0.25) is 0 Å². The molecule has 0 aromatic carbocycles.